The molecule has 0 aromatic carbocycles. The number of nitrogens with zero attached hydrogens (tertiary/aromatic N) is 4. The van der Waals surface area contributed by atoms with E-state index in [1.54, 1.807) is 0 Å². The second-order valence-electron chi connectivity index (χ2n) is 4.89. The highest BCUT2D eigenvalue weighted by atomic mass is 31.2. The second kappa shape index (κ2) is 5.76. The van der Waals surface area contributed by atoms with Gasteiger partial charge in [-0.2, -0.15) is 0 Å². The van der Waals surface area contributed by atoms with E-state index in [0.717, 1.165) is 0 Å². The molecule has 0 bridgehead atoms. The molecule has 0 aliphatic carbocycles. The van der Waals surface area contributed by atoms with E-state index < -0.39 is 39.0 Å². The Morgan fingerprint density at radius 2 is 2.13 bits per heavy atom. The van der Waals surface area contributed by atoms with Gasteiger partial charge in [0.15, 0.2) is 17.7 Å². The number of rotatable bonds is 4. The average Bonchev–Trinajstić information content (AvgIpc) is 3.01. The Kier molecular flexibility index (Phi) is 4.06. The number of nitrogens with two attached hydrogens (primary N) is 1. The van der Waals surface area contributed by atoms with E-state index >= 15 is 0 Å². The molecule has 3 rings (SSSR count). The third-order valence-corrected chi connectivity index (χ3v) is 3.88. The largest absolute Gasteiger partial charge is 0.756 e. The zero-order valence-corrected chi connectivity index (χ0v) is 12.4. The minimum Gasteiger partial charge on any atom is -0.756 e. The molecule has 5 atom stereocenters. The van der Waals surface area contributed by atoms with E-state index in [2.05, 4.69) is 19.5 Å². The Morgan fingerprint density at radius 3 is 2.83 bits per heavy atom. The van der Waals surface area contributed by atoms with Crippen molar-refractivity contribution in [3.8, 4) is 0 Å². The molecule has 1 fully saturated rings. The normalized spacial score (nSPS) is 30.6. The van der Waals surface area contributed by atoms with Crippen molar-refractivity contribution in [2.24, 2.45) is 0 Å². The first-order chi connectivity index (χ1) is 10.8. The van der Waals surface area contributed by atoms with Crippen molar-refractivity contribution in [3.05, 3.63) is 12.7 Å². The number of phosphoric ester groups is 1. The molecule has 1 aliphatic heterocycles. The number of imidazole rings is 1. The monoisotopic (exact) mass is 346 g/mol. The van der Waals surface area contributed by atoms with E-state index in [9.17, 15) is 19.7 Å². The molecule has 23 heavy (non-hydrogen) atoms. The molecule has 0 saturated carbocycles. The van der Waals surface area contributed by atoms with Crippen LogP contribution >= 0.6 is 7.82 Å². The van der Waals surface area contributed by atoms with Crippen molar-refractivity contribution in [3.63, 3.8) is 0 Å². The van der Waals surface area contributed by atoms with Gasteiger partial charge in [-0.05, 0) is 0 Å². The lowest BCUT2D eigenvalue weighted by molar-refractivity contribution is -0.222. The Bertz CT molecular complexity index is 763. The highest BCUT2D eigenvalue weighted by Gasteiger charge is 2.44. The van der Waals surface area contributed by atoms with Crippen molar-refractivity contribution >= 4 is 24.8 Å². The van der Waals surface area contributed by atoms with Crippen LogP contribution in [0.5, 0.6) is 0 Å². The summed E-state index contributed by atoms with van der Waals surface area (Å²) in [7, 11) is -4.97. The van der Waals surface area contributed by atoms with Gasteiger partial charge < -0.3 is 35.0 Å². The standard InChI is InChI=1S/C10H14N5O7P/c11-8-5-9(13-2-12-8)15(3-14-5)10-7(17)6(16)4(22-10)1-21-23(18,19)20/h2-4,6-7,10,16-17H,1H2,(H2,11,12,13)(H2,18,19,20)/p-1/t4-,6+,7?,10-/m1/s1. The third-order valence-electron chi connectivity index (χ3n) is 3.40. The molecular weight excluding hydrogens is 333 g/mol. The van der Waals surface area contributed by atoms with Gasteiger partial charge >= 0.3 is 0 Å². The van der Waals surface area contributed by atoms with Gasteiger partial charge in [0.05, 0.1) is 12.9 Å². The maximum absolute atomic E-state index is 10.6. The summed E-state index contributed by atoms with van der Waals surface area (Å²) in [6.45, 7) is -0.657. The van der Waals surface area contributed by atoms with Crippen LogP contribution < -0.4 is 10.6 Å². The number of fused-ring (bicyclic) bond motifs is 1. The van der Waals surface area contributed by atoms with Crippen LogP contribution in [0, 0.1) is 0 Å². The van der Waals surface area contributed by atoms with Gasteiger partial charge in [-0.3, -0.25) is 9.13 Å². The van der Waals surface area contributed by atoms with Crippen molar-refractivity contribution in [1.82, 2.24) is 19.5 Å². The molecule has 0 amide bonds. The number of hydrogen-bond acceptors (Lipinski definition) is 10. The van der Waals surface area contributed by atoms with Crippen molar-refractivity contribution in [2.45, 2.75) is 24.5 Å². The highest BCUT2D eigenvalue weighted by Crippen LogP contribution is 2.36. The first-order valence-electron chi connectivity index (χ1n) is 6.41. The predicted molar refractivity (Wildman–Crippen MR) is 71.4 cm³/mol. The minimum absolute atomic E-state index is 0.134. The number of nitrogen functional groups attached to an aromatic ring is 1. The van der Waals surface area contributed by atoms with Gasteiger partial charge in [-0.15, -0.1) is 0 Å². The van der Waals surface area contributed by atoms with Crippen LogP contribution in [0.25, 0.3) is 11.2 Å². The number of aliphatic hydroxyl groups excluding tert-OH is 2. The maximum Gasteiger partial charge on any atom is 0.265 e. The minimum atomic E-state index is -4.97. The molecule has 3 heterocycles. The van der Waals surface area contributed by atoms with E-state index in [1.807, 2.05) is 0 Å². The lowest BCUT2D eigenvalue weighted by Crippen LogP contribution is -2.34. The number of anilines is 1. The summed E-state index contributed by atoms with van der Waals surface area (Å²) < 4.78 is 21.5. The van der Waals surface area contributed by atoms with Crippen LogP contribution in [0.2, 0.25) is 0 Å². The topological polar surface area (TPSA) is 189 Å². The Morgan fingerprint density at radius 1 is 1.39 bits per heavy atom. The summed E-state index contributed by atoms with van der Waals surface area (Å²) >= 11 is 0. The number of aliphatic hydroxyl groups is 2. The summed E-state index contributed by atoms with van der Waals surface area (Å²) in [5.41, 5.74) is 6.22. The van der Waals surface area contributed by atoms with E-state index in [4.69, 9.17) is 15.4 Å². The lowest BCUT2D eigenvalue weighted by atomic mass is 10.1. The Balaban J connectivity index is 1.85. The molecule has 0 radical (unpaired) electrons. The first kappa shape index (κ1) is 16.2. The van der Waals surface area contributed by atoms with Crippen LogP contribution in [-0.2, 0) is 13.8 Å². The summed E-state index contributed by atoms with van der Waals surface area (Å²) in [6.07, 6.45) is -2.62. The fourth-order valence-corrected chi connectivity index (χ4v) is 2.66. The fourth-order valence-electron chi connectivity index (χ4n) is 2.32. The van der Waals surface area contributed by atoms with Crippen LogP contribution in [0.15, 0.2) is 12.7 Å². The smallest absolute Gasteiger partial charge is 0.265 e. The van der Waals surface area contributed by atoms with Crippen molar-refractivity contribution in [2.75, 3.05) is 12.3 Å². The molecule has 126 valence electrons. The van der Waals surface area contributed by atoms with Gasteiger partial charge in [0.2, 0.25) is 0 Å². The van der Waals surface area contributed by atoms with E-state index in [-0.39, 0.29) is 17.0 Å². The molecule has 13 heteroatoms. The molecule has 2 unspecified atom stereocenters. The van der Waals surface area contributed by atoms with Crippen LogP contribution in [-0.4, -0.2) is 59.5 Å². The van der Waals surface area contributed by atoms with E-state index in [0.29, 0.717) is 0 Å². The summed E-state index contributed by atoms with van der Waals surface area (Å²) in [6, 6.07) is 0. The molecule has 1 aliphatic rings. The molecule has 1 saturated heterocycles. The molecule has 12 nitrogen and oxygen atoms in total. The number of hydrogen-bond donors (Lipinski definition) is 4. The molecule has 2 aromatic heterocycles. The van der Waals surface area contributed by atoms with Gasteiger partial charge in [-0.25, -0.2) is 15.0 Å². The summed E-state index contributed by atoms with van der Waals surface area (Å²) in [5.74, 6) is 0.134. The van der Waals surface area contributed by atoms with Crippen LogP contribution in [0.3, 0.4) is 0 Å². The van der Waals surface area contributed by atoms with Crippen LogP contribution in [0.1, 0.15) is 6.23 Å². The maximum atomic E-state index is 10.6. The lowest BCUT2D eigenvalue weighted by Gasteiger charge is -2.20. The SMILES string of the molecule is Nc1ncnc2c1ncn2[C@@H]1O[C@H](COP(=O)([O-])O)[C@H](O)C1O. The average molecular weight is 346 g/mol. The molecular formula is C10H13N5O7P-. The zero-order valence-electron chi connectivity index (χ0n) is 11.5. The predicted octanol–water partition coefficient (Wildman–Crippen LogP) is -2.49. The zero-order chi connectivity index (χ0) is 16.8. The number of phosphoric acid groups is 1. The molecule has 2 aromatic rings. The fraction of sp³-hybridized carbons (Fsp3) is 0.500. The Labute approximate surface area is 128 Å². The molecule has 5 N–H and O–H groups in total. The van der Waals surface area contributed by atoms with Gasteiger partial charge in [0.25, 0.3) is 7.82 Å². The number of aromatic nitrogens is 4. The summed E-state index contributed by atoms with van der Waals surface area (Å²) in [4.78, 5) is 31.0. The van der Waals surface area contributed by atoms with Gasteiger partial charge in [-0.1, -0.05) is 0 Å². The van der Waals surface area contributed by atoms with Gasteiger partial charge in [0.1, 0.15) is 30.2 Å². The first-order valence-corrected chi connectivity index (χ1v) is 7.90. The summed E-state index contributed by atoms with van der Waals surface area (Å²) in [5, 5.41) is 20.0. The second-order valence-corrected chi connectivity index (χ2v) is 6.09. The Hall–Kier alpha value is -1.66. The van der Waals surface area contributed by atoms with Crippen LogP contribution in [0.4, 0.5) is 5.82 Å². The highest BCUT2D eigenvalue weighted by molar-refractivity contribution is 7.44. The third kappa shape index (κ3) is 3.05. The molecule has 0 spiro atoms. The van der Waals surface area contributed by atoms with Gasteiger partial charge in [0, 0.05) is 0 Å². The van der Waals surface area contributed by atoms with E-state index in [1.165, 1.54) is 17.2 Å². The van der Waals surface area contributed by atoms with Crippen molar-refractivity contribution in [1.29, 1.82) is 0 Å². The van der Waals surface area contributed by atoms with Crippen molar-refractivity contribution < 1.29 is 33.8 Å². The number of ether oxygens (including phenoxy) is 1. The quantitative estimate of drug-likeness (QED) is 0.428.